The minimum atomic E-state index is 0.272. The van der Waals surface area contributed by atoms with Crippen molar-refractivity contribution in [2.24, 2.45) is 23.7 Å². The summed E-state index contributed by atoms with van der Waals surface area (Å²) in [6.07, 6.45) is 7.64. The molecule has 0 saturated heterocycles. The average molecular weight is 250 g/mol. The van der Waals surface area contributed by atoms with E-state index in [-0.39, 0.29) is 5.54 Å². The van der Waals surface area contributed by atoms with Gasteiger partial charge in [-0.3, -0.25) is 0 Å². The molecule has 4 saturated carbocycles. The van der Waals surface area contributed by atoms with Crippen LogP contribution in [0.1, 0.15) is 46.0 Å². The Hall–Kier alpha value is -0.0800. The van der Waals surface area contributed by atoms with Gasteiger partial charge in [0.15, 0.2) is 0 Å². The fourth-order valence-electron chi connectivity index (χ4n) is 4.78. The van der Waals surface area contributed by atoms with E-state index in [1.54, 1.807) is 6.42 Å². The molecule has 0 aromatic carbocycles. The zero-order valence-electron chi connectivity index (χ0n) is 12.6. The van der Waals surface area contributed by atoms with Crippen molar-refractivity contribution in [3.63, 3.8) is 0 Å². The third-order valence-electron chi connectivity index (χ3n) is 6.21. The van der Waals surface area contributed by atoms with Gasteiger partial charge < -0.3 is 10.2 Å². The van der Waals surface area contributed by atoms with Gasteiger partial charge in [-0.05, 0) is 83.7 Å². The maximum Gasteiger partial charge on any atom is 0.0271 e. The van der Waals surface area contributed by atoms with Crippen molar-refractivity contribution in [1.82, 2.24) is 10.2 Å². The van der Waals surface area contributed by atoms with E-state index in [2.05, 4.69) is 38.2 Å². The van der Waals surface area contributed by atoms with Gasteiger partial charge >= 0.3 is 0 Å². The maximum absolute atomic E-state index is 3.94. The summed E-state index contributed by atoms with van der Waals surface area (Å²) in [6.45, 7) is 5.82. The molecule has 0 unspecified atom stereocenters. The van der Waals surface area contributed by atoms with Crippen molar-refractivity contribution in [2.45, 2.75) is 57.5 Å². The van der Waals surface area contributed by atoms with Crippen molar-refractivity contribution < 1.29 is 0 Å². The Morgan fingerprint density at radius 2 is 1.44 bits per heavy atom. The van der Waals surface area contributed by atoms with Gasteiger partial charge in [0.2, 0.25) is 0 Å². The Kier molecular flexibility index (Phi) is 3.22. The van der Waals surface area contributed by atoms with Crippen molar-refractivity contribution in [2.75, 3.05) is 20.6 Å². The van der Waals surface area contributed by atoms with E-state index in [0.29, 0.717) is 0 Å². The highest BCUT2D eigenvalue weighted by Crippen LogP contribution is 2.53. The van der Waals surface area contributed by atoms with E-state index >= 15 is 0 Å². The van der Waals surface area contributed by atoms with Crippen LogP contribution in [0, 0.1) is 23.7 Å². The Morgan fingerprint density at radius 1 is 0.944 bits per heavy atom. The van der Waals surface area contributed by atoms with Gasteiger partial charge in [-0.1, -0.05) is 0 Å². The second-order valence-corrected chi connectivity index (χ2v) is 8.04. The molecular formula is C16H30N2. The highest BCUT2D eigenvalue weighted by atomic mass is 15.2. The number of nitrogens with one attached hydrogen (secondary N) is 1. The lowest BCUT2D eigenvalue weighted by Gasteiger charge is -2.55. The molecule has 0 heterocycles. The van der Waals surface area contributed by atoms with Crippen LogP contribution in [0.2, 0.25) is 0 Å². The van der Waals surface area contributed by atoms with Crippen LogP contribution in [0.5, 0.6) is 0 Å². The molecule has 0 aliphatic heterocycles. The molecular weight excluding hydrogens is 220 g/mol. The molecule has 2 nitrogen and oxygen atoms in total. The van der Waals surface area contributed by atoms with Crippen LogP contribution >= 0.6 is 0 Å². The fourth-order valence-corrected chi connectivity index (χ4v) is 4.78. The molecule has 104 valence electrons. The van der Waals surface area contributed by atoms with Crippen LogP contribution < -0.4 is 5.32 Å². The van der Waals surface area contributed by atoms with Gasteiger partial charge in [0.1, 0.15) is 0 Å². The number of likely N-dealkylation sites (N-methyl/N-ethyl adjacent to an activating group) is 1. The lowest BCUT2D eigenvalue weighted by Crippen LogP contribution is -2.58. The highest BCUT2D eigenvalue weighted by molar-refractivity contribution is 5.02. The molecule has 0 aromatic rings. The van der Waals surface area contributed by atoms with Gasteiger partial charge in [-0.15, -0.1) is 0 Å². The molecule has 18 heavy (non-hydrogen) atoms. The summed E-state index contributed by atoms with van der Waals surface area (Å²) in [5.41, 5.74) is 0.272. The van der Waals surface area contributed by atoms with Gasteiger partial charge in [-0.2, -0.15) is 0 Å². The molecule has 4 fully saturated rings. The van der Waals surface area contributed by atoms with E-state index in [1.165, 1.54) is 25.7 Å². The SMILES string of the molecule is CN(C)C(C)(C)CNC1C2CC3CC(C2)CC1C3. The molecule has 4 aliphatic carbocycles. The predicted molar refractivity (Wildman–Crippen MR) is 76.6 cm³/mol. The van der Waals surface area contributed by atoms with Gasteiger partial charge in [0, 0.05) is 18.1 Å². The Labute approximate surface area is 113 Å². The van der Waals surface area contributed by atoms with Crippen molar-refractivity contribution >= 4 is 0 Å². The normalized spacial score (nSPS) is 42.8. The van der Waals surface area contributed by atoms with Crippen LogP contribution in [0.15, 0.2) is 0 Å². The van der Waals surface area contributed by atoms with Gasteiger partial charge in [0.25, 0.3) is 0 Å². The van der Waals surface area contributed by atoms with Gasteiger partial charge in [0.05, 0.1) is 0 Å². The Morgan fingerprint density at radius 3 is 1.89 bits per heavy atom. The van der Waals surface area contributed by atoms with E-state index in [0.717, 1.165) is 36.3 Å². The number of hydrogen-bond acceptors (Lipinski definition) is 2. The highest BCUT2D eigenvalue weighted by Gasteiger charge is 2.48. The van der Waals surface area contributed by atoms with Crippen LogP contribution in [0.25, 0.3) is 0 Å². The standard InChI is InChI=1S/C16H30N2/c1-16(2,18(3)4)10-17-15-13-6-11-5-12(8-13)9-14(15)7-11/h11-15,17H,5-10H2,1-4H3. The van der Waals surface area contributed by atoms with Gasteiger partial charge in [-0.25, -0.2) is 0 Å². The molecule has 0 amide bonds. The molecule has 0 atom stereocenters. The summed E-state index contributed by atoms with van der Waals surface area (Å²) >= 11 is 0. The molecule has 4 aliphatic rings. The number of rotatable bonds is 4. The van der Waals surface area contributed by atoms with Crippen molar-refractivity contribution in [1.29, 1.82) is 0 Å². The summed E-state index contributed by atoms with van der Waals surface area (Å²) in [5.74, 6) is 4.18. The van der Waals surface area contributed by atoms with E-state index < -0.39 is 0 Å². The van der Waals surface area contributed by atoms with E-state index in [4.69, 9.17) is 0 Å². The van der Waals surface area contributed by atoms with Crippen LogP contribution in [0.3, 0.4) is 0 Å². The third kappa shape index (κ3) is 2.22. The van der Waals surface area contributed by atoms with Crippen LogP contribution in [0.4, 0.5) is 0 Å². The smallest absolute Gasteiger partial charge is 0.0271 e. The van der Waals surface area contributed by atoms with E-state index in [9.17, 15) is 0 Å². The summed E-state index contributed by atoms with van der Waals surface area (Å²) < 4.78 is 0. The summed E-state index contributed by atoms with van der Waals surface area (Å²) in [7, 11) is 4.39. The second kappa shape index (κ2) is 4.49. The second-order valence-electron chi connectivity index (χ2n) is 8.04. The van der Waals surface area contributed by atoms with E-state index in [1.807, 2.05) is 0 Å². The zero-order chi connectivity index (χ0) is 12.9. The fraction of sp³-hybridized carbons (Fsp3) is 1.00. The predicted octanol–water partition coefficient (Wildman–Crippen LogP) is 2.74. The molecule has 0 radical (unpaired) electrons. The minimum Gasteiger partial charge on any atom is -0.312 e. The van der Waals surface area contributed by atoms with Crippen LogP contribution in [-0.4, -0.2) is 37.1 Å². The Balaban J connectivity index is 1.60. The van der Waals surface area contributed by atoms with Crippen molar-refractivity contribution in [3.05, 3.63) is 0 Å². The molecule has 0 aromatic heterocycles. The average Bonchev–Trinajstić information content (AvgIpc) is 2.26. The van der Waals surface area contributed by atoms with Crippen LogP contribution in [-0.2, 0) is 0 Å². The zero-order valence-corrected chi connectivity index (χ0v) is 12.6. The summed E-state index contributed by atoms with van der Waals surface area (Å²) in [5, 5.41) is 3.94. The number of hydrogen-bond donors (Lipinski definition) is 1. The molecule has 2 heteroatoms. The monoisotopic (exact) mass is 250 g/mol. The molecule has 1 N–H and O–H groups in total. The number of nitrogens with zero attached hydrogens (tertiary/aromatic N) is 1. The quantitative estimate of drug-likeness (QED) is 0.825. The van der Waals surface area contributed by atoms with Crippen molar-refractivity contribution in [3.8, 4) is 0 Å². The molecule has 0 spiro atoms. The maximum atomic E-state index is 3.94. The minimum absolute atomic E-state index is 0.272. The first-order valence-electron chi connectivity index (χ1n) is 7.86. The first-order valence-corrected chi connectivity index (χ1v) is 7.86. The largest absolute Gasteiger partial charge is 0.312 e. The first kappa shape index (κ1) is 12.9. The molecule has 4 bridgehead atoms. The lowest BCUT2D eigenvalue weighted by molar-refractivity contribution is -0.0175. The summed E-state index contributed by atoms with van der Waals surface area (Å²) in [4.78, 5) is 2.34. The topological polar surface area (TPSA) is 15.3 Å². The molecule has 4 rings (SSSR count). The lowest BCUT2D eigenvalue weighted by atomic mass is 9.54. The summed E-state index contributed by atoms with van der Waals surface area (Å²) in [6, 6.07) is 0.831. The third-order valence-corrected chi connectivity index (χ3v) is 6.21. The Bertz CT molecular complexity index is 280. The first-order chi connectivity index (χ1) is 8.45.